The topological polar surface area (TPSA) is 21.3 Å². The molecule has 7 heteroatoms. The van der Waals surface area contributed by atoms with Gasteiger partial charge in [0.2, 0.25) is 0 Å². The van der Waals surface area contributed by atoms with Crippen molar-refractivity contribution >= 4 is 44.6 Å². The molecule has 1 atom stereocenters. The largest absolute Gasteiger partial charge is 0.433 e. The standard InChI is InChI=1S/C13H11BrClF2NOS/c1-7(12-4-8(14)6-20-12)18-9-2-3-11(10(15)5-9)19-13(16)17/h2-7,13,18H,1H3. The highest BCUT2D eigenvalue weighted by Crippen LogP contribution is 2.32. The maximum absolute atomic E-state index is 12.1. The van der Waals surface area contributed by atoms with Crippen molar-refractivity contribution in [2.24, 2.45) is 0 Å². The molecule has 0 saturated carbocycles. The van der Waals surface area contributed by atoms with E-state index in [1.165, 1.54) is 6.07 Å². The van der Waals surface area contributed by atoms with E-state index in [-0.39, 0.29) is 16.8 Å². The highest BCUT2D eigenvalue weighted by molar-refractivity contribution is 9.10. The molecule has 0 amide bonds. The van der Waals surface area contributed by atoms with Crippen LogP contribution in [0.3, 0.4) is 0 Å². The van der Waals surface area contributed by atoms with Crippen LogP contribution in [-0.2, 0) is 0 Å². The lowest BCUT2D eigenvalue weighted by atomic mass is 10.2. The Balaban J connectivity index is 2.08. The van der Waals surface area contributed by atoms with Crippen LogP contribution in [0.2, 0.25) is 5.02 Å². The van der Waals surface area contributed by atoms with Crippen molar-refractivity contribution in [1.82, 2.24) is 0 Å². The van der Waals surface area contributed by atoms with Gasteiger partial charge in [-0.2, -0.15) is 8.78 Å². The number of anilines is 1. The SMILES string of the molecule is CC(Nc1ccc(OC(F)F)c(Cl)c1)c1cc(Br)cs1. The summed E-state index contributed by atoms with van der Waals surface area (Å²) in [5.74, 6) is -0.0289. The smallest absolute Gasteiger partial charge is 0.387 e. The van der Waals surface area contributed by atoms with Gasteiger partial charge in [-0.15, -0.1) is 11.3 Å². The highest BCUT2D eigenvalue weighted by atomic mass is 79.9. The second kappa shape index (κ2) is 6.74. The van der Waals surface area contributed by atoms with Gasteiger partial charge in [0, 0.05) is 20.4 Å². The Morgan fingerprint density at radius 2 is 2.10 bits per heavy atom. The molecule has 0 radical (unpaired) electrons. The second-order valence-corrected chi connectivity index (χ2v) is 6.32. The van der Waals surface area contributed by atoms with E-state index in [1.807, 2.05) is 18.4 Å². The van der Waals surface area contributed by atoms with Crippen molar-refractivity contribution < 1.29 is 13.5 Å². The van der Waals surface area contributed by atoms with Crippen LogP contribution in [0.25, 0.3) is 0 Å². The predicted molar refractivity (Wildman–Crippen MR) is 82.1 cm³/mol. The fourth-order valence-electron chi connectivity index (χ4n) is 1.66. The van der Waals surface area contributed by atoms with E-state index in [2.05, 4.69) is 26.0 Å². The molecule has 1 aromatic carbocycles. The predicted octanol–water partition coefficient (Wildman–Crippen LogP) is 5.94. The number of thiophene rings is 1. The third-order valence-corrected chi connectivity index (χ3v) is 4.72. The molecule has 2 aromatic rings. The summed E-state index contributed by atoms with van der Waals surface area (Å²) in [7, 11) is 0. The molecule has 108 valence electrons. The minimum Gasteiger partial charge on any atom is -0.433 e. The van der Waals surface area contributed by atoms with E-state index in [9.17, 15) is 8.78 Å². The van der Waals surface area contributed by atoms with Crippen LogP contribution in [0.5, 0.6) is 5.75 Å². The van der Waals surface area contributed by atoms with E-state index < -0.39 is 6.61 Å². The summed E-state index contributed by atoms with van der Waals surface area (Å²) >= 11 is 10.9. The number of halogens is 4. The number of hydrogen-bond donors (Lipinski definition) is 1. The summed E-state index contributed by atoms with van der Waals surface area (Å²) in [6, 6.07) is 6.76. The number of ether oxygens (including phenoxy) is 1. The van der Waals surface area contributed by atoms with Crippen molar-refractivity contribution in [2.45, 2.75) is 19.6 Å². The van der Waals surface area contributed by atoms with Crippen molar-refractivity contribution in [3.63, 3.8) is 0 Å². The molecule has 20 heavy (non-hydrogen) atoms. The summed E-state index contributed by atoms with van der Waals surface area (Å²) in [6.07, 6.45) is 0. The number of benzene rings is 1. The number of rotatable bonds is 5. The van der Waals surface area contributed by atoms with Gasteiger partial charge in [0.1, 0.15) is 5.75 Å². The monoisotopic (exact) mass is 381 g/mol. The first kappa shape index (κ1) is 15.5. The van der Waals surface area contributed by atoms with Gasteiger partial charge >= 0.3 is 6.61 Å². The molecule has 0 saturated heterocycles. The van der Waals surface area contributed by atoms with Crippen LogP contribution in [-0.4, -0.2) is 6.61 Å². The van der Waals surface area contributed by atoms with Crippen LogP contribution in [0.1, 0.15) is 17.8 Å². The van der Waals surface area contributed by atoms with Gasteiger partial charge in [-0.1, -0.05) is 11.6 Å². The molecule has 1 heterocycles. The van der Waals surface area contributed by atoms with Crippen molar-refractivity contribution in [3.05, 3.63) is 44.0 Å². The first-order chi connectivity index (χ1) is 9.45. The van der Waals surface area contributed by atoms with Crippen LogP contribution in [0.15, 0.2) is 34.1 Å². The minimum absolute atomic E-state index is 0.0289. The summed E-state index contributed by atoms with van der Waals surface area (Å²) in [4.78, 5) is 1.15. The molecule has 0 bridgehead atoms. The summed E-state index contributed by atoms with van der Waals surface area (Å²) in [6.45, 7) is -0.871. The minimum atomic E-state index is -2.88. The lowest BCUT2D eigenvalue weighted by molar-refractivity contribution is -0.0497. The van der Waals surface area contributed by atoms with Crippen LogP contribution in [0.4, 0.5) is 14.5 Å². The Morgan fingerprint density at radius 3 is 2.65 bits per heavy atom. The van der Waals surface area contributed by atoms with Gasteiger partial charge in [0.25, 0.3) is 0 Å². The molecule has 1 aromatic heterocycles. The normalized spacial score (nSPS) is 12.5. The van der Waals surface area contributed by atoms with Gasteiger partial charge in [-0.05, 0) is 47.1 Å². The van der Waals surface area contributed by atoms with Crippen LogP contribution in [0, 0.1) is 0 Å². The zero-order chi connectivity index (χ0) is 14.7. The highest BCUT2D eigenvalue weighted by Gasteiger charge is 2.11. The molecule has 0 fully saturated rings. The molecular weight excluding hydrogens is 372 g/mol. The molecular formula is C13H11BrClF2NOS. The Labute approximate surface area is 132 Å². The number of hydrogen-bond acceptors (Lipinski definition) is 3. The maximum Gasteiger partial charge on any atom is 0.387 e. The molecule has 0 aliphatic heterocycles. The average molecular weight is 383 g/mol. The summed E-state index contributed by atoms with van der Waals surface area (Å²) in [5.41, 5.74) is 0.744. The van der Waals surface area contributed by atoms with Gasteiger partial charge < -0.3 is 10.1 Å². The lowest BCUT2D eigenvalue weighted by Gasteiger charge is -2.15. The second-order valence-electron chi connectivity index (χ2n) is 4.06. The zero-order valence-electron chi connectivity index (χ0n) is 10.4. The first-order valence-electron chi connectivity index (χ1n) is 5.70. The fourth-order valence-corrected chi connectivity index (χ4v) is 3.34. The summed E-state index contributed by atoms with van der Waals surface area (Å²) in [5, 5.41) is 5.40. The van der Waals surface area contributed by atoms with Gasteiger partial charge in [-0.3, -0.25) is 0 Å². The van der Waals surface area contributed by atoms with Crippen LogP contribution >= 0.6 is 38.9 Å². The summed E-state index contributed by atoms with van der Waals surface area (Å²) < 4.78 is 29.6. The third kappa shape index (κ3) is 4.07. The Hall–Kier alpha value is -0.850. The van der Waals surface area contributed by atoms with Crippen molar-refractivity contribution in [3.8, 4) is 5.75 Å². The first-order valence-corrected chi connectivity index (χ1v) is 7.75. The Bertz CT molecular complexity index is 594. The Morgan fingerprint density at radius 1 is 1.35 bits per heavy atom. The molecule has 0 aliphatic rings. The van der Waals surface area contributed by atoms with Gasteiger partial charge in [-0.25, -0.2) is 0 Å². The van der Waals surface area contributed by atoms with Crippen molar-refractivity contribution in [1.29, 1.82) is 0 Å². The zero-order valence-corrected chi connectivity index (χ0v) is 13.5. The maximum atomic E-state index is 12.1. The molecule has 0 spiro atoms. The molecule has 1 N–H and O–H groups in total. The van der Waals surface area contributed by atoms with Crippen molar-refractivity contribution in [2.75, 3.05) is 5.32 Å². The van der Waals surface area contributed by atoms with Crippen LogP contribution < -0.4 is 10.1 Å². The fraction of sp³-hybridized carbons (Fsp3) is 0.231. The number of nitrogens with one attached hydrogen (secondary N) is 1. The van der Waals surface area contributed by atoms with E-state index in [1.54, 1.807) is 23.5 Å². The van der Waals surface area contributed by atoms with E-state index in [0.29, 0.717) is 0 Å². The average Bonchev–Trinajstić information content (AvgIpc) is 2.79. The quantitative estimate of drug-likeness (QED) is 0.691. The third-order valence-electron chi connectivity index (χ3n) is 2.55. The van der Waals surface area contributed by atoms with Gasteiger partial charge in [0.15, 0.2) is 0 Å². The van der Waals surface area contributed by atoms with E-state index >= 15 is 0 Å². The Kier molecular flexibility index (Phi) is 5.23. The van der Waals surface area contributed by atoms with E-state index in [0.717, 1.165) is 15.0 Å². The molecule has 2 nitrogen and oxygen atoms in total. The van der Waals surface area contributed by atoms with Gasteiger partial charge in [0.05, 0.1) is 11.1 Å². The number of alkyl halides is 2. The lowest BCUT2D eigenvalue weighted by Crippen LogP contribution is -2.06. The molecule has 0 aliphatic carbocycles. The molecule has 2 rings (SSSR count). The molecule has 1 unspecified atom stereocenters. The van der Waals surface area contributed by atoms with E-state index in [4.69, 9.17) is 11.6 Å².